The van der Waals surface area contributed by atoms with Gasteiger partial charge in [0.25, 0.3) is 0 Å². The Balaban J connectivity index is 2.15. The van der Waals surface area contributed by atoms with Crippen LogP contribution in [0, 0.1) is 11.8 Å². The Labute approximate surface area is 94.2 Å². The molecule has 2 fully saturated rings. The molecule has 2 N–H and O–H groups in total. The van der Waals surface area contributed by atoms with Crippen molar-refractivity contribution in [1.29, 1.82) is 0 Å². The minimum atomic E-state index is 0.346. The molecule has 2 heteroatoms. The van der Waals surface area contributed by atoms with E-state index in [9.17, 15) is 0 Å². The van der Waals surface area contributed by atoms with Gasteiger partial charge in [0.1, 0.15) is 0 Å². The minimum absolute atomic E-state index is 0.346. The van der Waals surface area contributed by atoms with E-state index >= 15 is 0 Å². The van der Waals surface area contributed by atoms with Crippen LogP contribution in [0.4, 0.5) is 0 Å². The molecule has 4 unspecified atom stereocenters. The minimum Gasteiger partial charge on any atom is -0.329 e. The van der Waals surface area contributed by atoms with Crippen LogP contribution in [0.15, 0.2) is 0 Å². The van der Waals surface area contributed by atoms with Crippen molar-refractivity contribution in [3.05, 3.63) is 0 Å². The molecule has 2 saturated carbocycles. The summed E-state index contributed by atoms with van der Waals surface area (Å²) >= 11 is 0. The van der Waals surface area contributed by atoms with Crippen LogP contribution in [0.25, 0.3) is 0 Å². The van der Waals surface area contributed by atoms with Gasteiger partial charge in [-0.1, -0.05) is 13.3 Å². The fourth-order valence-electron chi connectivity index (χ4n) is 3.95. The average Bonchev–Trinajstić information content (AvgIpc) is 2.86. The van der Waals surface area contributed by atoms with Gasteiger partial charge in [-0.2, -0.15) is 0 Å². The Bertz CT molecular complexity index is 229. The third-order valence-corrected chi connectivity index (χ3v) is 5.25. The van der Waals surface area contributed by atoms with Crippen LogP contribution in [-0.2, 0) is 0 Å². The first kappa shape index (κ1) is 11.4. The number of nitrogens with zero attached hydrogens (tertiary/aromatic N) is 1. The lowest BCUT2D eigenvalue weighted by Gasteiger charge is -2.47. The van der Waals surface area contributed by atoms with Crippen LogP contribution in [0.5, 0.6) is 0 Å². The summed E-state index contributed by atoms with van der Waals surface area (Å²) in [6.07, 6.45) is 6.91. The molecule has 0 saturated heterocycles. The smallest absolute Gasteiger partial charge is 0.0362 e. The second-order valence-corrected chi connectivity index (χ2v) is 5.76. The van der Waals surface area contributed by atoms with Crippen molar-refractivity contribution in [1.82, 2.24) is 4.90 Å². The van der Waals surface area contributed by atoms with Gasteiger partial charge in [-0.05, 0) is 51.5 Å². The first-order valence-corrected chi connectivity index (χ1v) is 6.57. The average molecular weight is 210 g/mol. The second kappa shape index (κ2) is 4.06. The first-order valence-electron chi connectivity index (χ1n) is 6.57. The predicted molar refractivity (Wildman–Crippen MR) is 64.7 cm³/mol. The Hall–Kier alpha value is -0.0800. The Morgan fingerprint density at radius 1 is 1.47 bits per heavy atom. The van der Waals surface area contributed by atoms with Crippen molar-refractivity contribution >= 4 is 0 Å². The van der Waals surface area contributed by atoms with Crippen LogP contribution in [-0.4, -0.2) is 30.1 Å². The van der Waals surface area contributed by atoms with Gasteiger partial charge in [0, 0.05) is 18.1 Å². The third kappa shape index (κ3) is 1.62. The maximum absolute atomic E-state index is 6.11. The highest BCUT2D eigenvalue weighted by Gasteiger charge is 2.52. The lowest BCUT2D eigenvalue weighted by Crippen LogP contribution is -2.58. The van der Waals surface area contributed by atoms with Crippen LogP contribution in [0.1, 0.15) is 46.0 Å². The zero-order valence-corrected chi connectivity index (χ0v) is 10.5. The van der Waals surface area contributed by atoms with Gasteiger partial charge < -0.3 is 5.73 Å². The van der Waals surface area contributed by atoms with Gasteiger partial charge in [0.15, 0.2) is 0 Å². The highest BCUT2D eigenvalue weighted by atomic mass is 15.2. The van der Waals surface area contributed by atoms with E-state index in [0.717, 1.165) is 18.4 Å². The second-order valence-electron chi connectivity index (χ2n) is 5.76. The topological polar surface area (TPSA) is 29.3 Å². The van der Waals surface area contributed by atoms with Gasteiger partial charge in [-0.3, -0.25) is 4.90 Å². The summed E-state index contributed by atoms with van der Waals surface area (Å²) in [4.78, 5) is 2.59. The summed E-state index contributed by atoms with van der Waals surface area (Å²) in [6, 6.07) is 0.674. The molecule has 0 heterocycles. The highest BCUT2D eigenvalue weighted by Crippen LogP contribution is 2.53. The molecular formula is C13H26N2. The van der Waals surface area contributed by atoms with Gasteiger partial charge >= 0.3 is 0 Å². The summed E-state index contributed by atoms with van der Waals surface area (Å²) < 4.78 is 0. The molecule has 0 aromatic rings. The number of rotatable bonds is 4. The molecule has 2 nitrogen and oxygen atoms in total. The number of likely N-dealkylation sites (N-methyl/N-ethyl adjacent to an activating group) is 1. The van der Waals surface area contributed by atoms with E-state index in [0.29, 0.717) is 11.6 Å². The van der Waals surface area contributed by atoms with E-state index in [-0.39, 0.29) is 0 Å². The molecule has 0 aromatic heterocycles. The SMILES string of the molecule is CCC(C)N(C)C1(CN)CC2CCC1C2. The molecule has 15 heavy (non-hydrogen) atoms. The van der Waals surface area contributed by atoms with Gasteiger partial charge in [-0.15, -0.1) is 0 Å². The van der Waals surface area contributed by atoms with E-state index in [1.54, 1.807) is 0 Å². The molecule has 0 radical (unpaired) electrons. The number of nitrogens with two attached hydrogens (primary N) is 1. The molecule has 0 aromatic carbocycles. The van der Waals surface area contributed by atoms with Gasteiger partial charge in [0.2, 0.25) is 0 Å². The Morgan fingerprint density at radius 3 is 2.60 bits per heavy atom. The molecule has 2 aliphatic carbocycles. The zero-order valence-electron chi connectivity index (χ0n) is 10.5. The van der Waals surface area contributed by atoms with Crippen molar-refractivity contribution in [3.63, 3.8) is 0 Å². The predicted octanol–water partition coefficient (Wildman–Crippen LogP) is 2.23. The number of hydrogen-bond acceptors (Lipinski definition) is 2. The van der Waals surface area contributed by atoms with Gasteiger partial charge in [-0.25, -0.2) is 0 Å². The van der Waals surface area contributed by atoms with E-state index in [4.69, 9.17) is 5.73 Å². The van der Waals surface area contributed by atoms with E-state index in [2.05, 4.69) is 25.8 Å². The first-order chi connectivity index (χ1) is 7.14. The van der Waals surface area contributed by atoms with Gasteiger partial charge in [0.05, 0.1) is 0 Å². The van der Waals surface area contributed by atoms with Crippen molar-refractivity contribution in [2.45, 2.75) is 57.5 Å². The molecule has 4 atom stereocenters. The molecule has 2 rings (SSSR count). The largest absolute Gasteiger partial charge is 0.329 e. The maximum Gasteiger partial charge on any atom is 0.0362 e. The van der Waals surface area contributed by atoms with Crippen molar-refractivity contribution in [2.24, 2.45) is 17.6 Å². The van der Waals surface area contributed by atoms with Crippen LogP contribution < -0.4 is 5.73 Å². The summed E-state index contributed by atoms with van der Waals surface area (Å²) in [5.74, 6) is 1.86. The lowest BCUT2D eigenvalue weighted by atomic mass is 9.79. The number of fused-ring (bicyclic) bond motifs is 2. The fourth-order valence-corrected chi connectivity index (χ4v) is 3.95. The fraction of sp³-hybridized carbons (Fsp3) is 1.00. The molecule has 2 aliphatic rings. The maximum atomic E-state index is 6.11. The van der Waals surface area contributed by atoms with Crippen molar-refractivity contribution < 1.29 is 0 Å². The van der Waals surface area contributed by atoms with Crippen molar-refractivity contribution in [3.8, 4) is 0 Å². The summed E-state index contributed by atoms with van der Waals surface area (Å²) in [6.45, 7) is 5.47. The number of hydrogen-bond donors (Lipinski definition) is 1. The quantitative estimate of drug-likeness (QED) is 0.771. The highest BCUT2D eigenvalue weighted by molar-refractivity contribution is 5.08. The molecule has 2 bridgehead atoms. The van der Waals surface area contributed by atoms with E-state index in [1.807, 2.05) is 0 Å². The normalized spacial score (nSPS) is 41.4. The summed E-state index contributed by atoms with van der Waals surface area (Å²) in [5.41, 5.74) is 6.45. The molecular weight excluding hydrogens is 184 g/mol. The standard InChI is InChI=1S/C13H26N2/c1-4-10(2)15(3)13(9-14)8-11-5-6-12(13)7-11/h10-12H,4-9,14H2,1-3H3. The molecule has 0 amide bonds. The lowest BCUT2D eigenvalue weighted by molar-refractivity contribution is 0.0334. The molecule has 0 aliphatic heterocycles. The summed E-state index contributed by atoms with van der Waals surface area (Å²) in [5, 5.41) is 0. The monoisotopic (exact) mass is 210 g/mol. The zero-order chi connectivity index (χ0) is 11.1. The molecule has 88 valence electrons. The Kier molecular flexibility index (Phi) is 3.09. The van der Waals surface area contributed by atoms with Crippen LogP contribution in [0.2, 0.25) is 0 Å². The van der Waals surface area contributed by atoms with Crippen LogP contribution in [0.3, 0.4) is 0 Å². The van der Waals surface area contributed by atoms with Crippen molar-refractivity contribution in [2.75, 3.05) is 13.6 Å². The summed E-state index contributed by atoms with van der Waals surface area (Å²) in [7, 11) is 2.29. The third-order valence-electron chi connectivity index (χ3n) is 5.25. The molecule has 0 spiro atoms. The van der Waals surface area contributed by atoms with Crippen LogP contribution >= 0.6 is 0 Å². The Morgan fingerprint density at radius 2 is 2.20 bits per heavy atom. The van der Waals surface area contributed by atoms with E-state index in [1.165, 1.54) is 32.1 Å². The van der Waals surface area contributed by atoms with E-state index < -0.39 is 0 Å².